The lowest BCUT2D eigenvalue weighted by Gasteiger charge is -2.19. The van der Waals surface area contributed by atoms with Gasteiger partial charge in [0.2, 0.25) is 10.0 Å². The lowest BCUT2D eigenvalue weighted by Crippen LogP contribution is -2.34. The van der Waals surface area contributed by atoms with E-state index >= 15 is 0 Å². The molecule has 0 saturated carbocycles. The lowest BCUT2D eigenvalue weighted by atomic mass is 10.3. The fourth-order valence-corrected chi connectivity index (χ4v) is 4.22. The van der Waals surface area contributed by atoms with E-state index in [2.05, 4.69) is 4.90 Å². The van der Waals surface area contributed by atoms with Crippen LogP contribution >= 0.6 is 0 Å². The van der Waals surface area contributed by atoms with E-state index in [0.29, 0.717) is 24.5 Å². The Labute approximate surface area is 127 Å². The van der Waals surface area contributed by atoms with Crippen molar-refractivity contribution in [2.45, 2.75) is 37.8 Å². The van der Waals surface area contributed by atoms with E-state index in [1.807, 2.05) is 25.5 Å². The molecule has 1 fully saturated rings. The Bertz CT molecular complexity index is 580. The highest BCUT2D eigenvalue weighted by Gasteiger charge is 2.28. The number of rotatable bonds is 4. The molecular formula is C14H26N4O2S. The number of hydrogen-bond acceptors (Lipinski definition) is 4. The van der Waals surface area contributed by atoms with E-state index in [-0.39, 0.29) is 6.04 Å². The number of aromatic nitrogens is 1. The normalized spacial score (nSPS) is 19.1. The van der Waals surface area contributed by atoms with E-state index < -0.39 is 10.0 Å². The molecule has 0 bridgehead atoms. The Morgan fingerprint density at radius 3 is 2.52 bits per heavy atom. The Morgan fingerprint density at radius 2 is 1.95 bits per heavy atom. The van der Waals surface area contributed by atoms with Crippen molar-refractivity contribution in [2.75, 3.05) is 33.2 Å². The molecule has 120 valence electrons. The van der Waals surface area contributed by atoms with Crippen LogP contribution in [-0.4, -0.2) is 55.4 Å². The first kappa shape index (κ1) is 16.5. The molecule has 2 heterocycles. The fourth-order valence-electron chi connectivity index (χ4n) is 2.69. The molecule has 0 aliphatic carbocycles. The van der Waals surface area contributed by atoms with Crippen LogP contribution in [-0.2, 0) is 16.6 Å². The minimum absolute atomic E-state index is 0.197. The Balaban J connectivity index is 2.30. The largest absolute Gasteiger partial charge is 0.346 e. The minimum Gasteiger partial charge on any atom is -0.346 e. The number of likely N-dealkylation sites (N-methyl/N-ethyl adjacent to an activating group) is 1. The van der Waals surface area contributed by atoms with Gasteiger partial charge in [-0.1, -0.05) is 0 Å². The summed E-state index contributed by atoms with van der Waals surface area (Å²) in [5.74, 6) is 0. The standard InChI is InChI=1S/C14H26N4O2S/c1-12(2)18-11-14(9-13(18)10-15)21(19,20)17-6-4-5-16(3)7-8-17/h9,11-12H,4-8,10,15H2,1-3H3. The molecule has 1 aromatic rings. The van der Waals surface area contributed by atoms with Crippen molar-refractivity contribution in [1.29, 1.82) is 0 Å². The summed E-state index contributed by atoms with van der Waals surface area (Å²) in [6, 6.07) is 1.91. The third-order valence-electron chi connectivity index (χ3n) is 3.99. The van der Waals surface area contributed by atoms with Crippen LogP contribution in [0.2, 0.25) is 0 Å². The summed E-state index contributed by atoms with van der Waals surface area (Å²) in [5.41, 5.74) is 6.59. The quantitative estimate of drug-likeness (QED) is 0.894. The summed E-state index contributed by atoms with van der Waals surface area (Å²) < 4.78 is 29.1. The first-order chi connectivity index (χ1) is 9.86. The molecule has 7 heteroatoms. The van der Waals surface area contributed by atoms with Crippen LogP contribution in [0.3, 0.4) is 0 Å². The average Bonchev–Trinajstić information content (AvgIpc) is 2.76. The first-order valence-electron chi connectivity index (χ1n) is 7.45. The predicted molar refractivity (Wildman–Crippen MR) is 83.6 cm³/mol. The maximum Gasteiger partial charge on any atom is 0.244 e. The van der Waals surface area contributed by atoms with Gasteiger partial charge in [0.15, 0.2) is 0 Å². The summed E-state index contributed by atoms with van der Waals surface area (Å²) in [6.07, 6.45) is 2.58. The Hall–Kier alpha value is -0.890. The third kappa shape index (κ3) is 3.48. The van der Waals surface area contributed by atoms with Gasteiger partial charge in [0, 0.05) is 44.1 Å². The first-order valence-corrected chi connectivity index (χ1v) is 8.89. The summed E-state index contributed by atoms with van der Waals surface area (Å²) in [7, 11) is -1.40. The van der Waals surface area contributed by atoms with E-state index in [0.717, 1.165) is 25.2 Å². The van der Waals surface area contributed by atoms with Crippen molar-refractivity contribution in [3.8, 4) is 0 Å². The smallest absolute Gasteiger partial charge is 0.244 e. The molecule has 0 aromatic carbocycles. The Morgan fingerprint density at radius 1 is 1.24 bits per heavy atom. The van der Waals surface area contributed by atoms with Crippen LogP contribution in [0.4, 0.5) is 0 Å². The monoisotopic (exact) mass is 314 g/mol. The zero-order valence-electron chi connectivity index (χ0n) is 13.1. The highest BCUT2D eigenvalue weighted by atomic mass is 32.2. The zero-order valence-corrected chi connectivity index (χ0v) is 13.9. The second-order valence-corrected chi connectivity index (χ2v) is 7.87. The molecule has 21 heavy (non-hydrogen) atoms. The fraction of sp³-hybridized carbons (Fsp3) is 0.714. The van der Waals surface area contributed by atoms with Gasteiger partial charge in [-0.2, -0.15) is 4.31 Å². The van der Waals surface area contributed by atoms with Gasteiger partial charge in [-0.25, -0.2) is 8.42 Å². The predicted octanol–water partition coefficient (Wildman–Crippen LogP) is 0.854. The second-order valence-electron chi connectivity index (χ2n) is 5.93. The third-order valence-corrected chi connectivity index (χ3v) is 5.85. The molecule has 1 saturated heterocycles. The van der Waals surface area contributed by atoms with Gasteiger partial charge in [-0.3, -0.25) is 0 Å². The zero-order chi connectivity index (χ0) is 15.6. The van der Waals surface area contributed by atoms with Crippen LogP contribution in [0.5, 0.6) is 0 Å². The average molecular weight is 314 g/mol. The topological polar surface area (TPSA) is 71.6 Å². The molecule has 0 spiro atoms. The molecule has 6 nitrogen and oxygen atoms in total. The van der Waals surface area contributed by atoms with Crippen molar-refractivity contribution in [3.63, 3.8) is 0 Å². The van der Waals surface area contributed by atoms with Gasteiger partial charge in [0.25, 0.3) is 0 Å². The van der Waals surface area contributed by atoms with E-state index in [9.17, 15) is 8.42 Å². The molecule has 1 aromatic heterocycles. The molecule has 2 rings (SSSR count). The van der Waals surface area contributed by atoms with Crippen molar-refractivity contribution in [2.24, 2.45) is 5.73 Å². The molecular weight excluding hydrogens is 288 g/mol. The molecule has 0 amide bonds. The maximum atomic E-state index is 12.8. The van der Waals surface area contributed by atoms with E-state index in [4.69, 9.17) is 5.73 Å². The summed E-state index contributed by atoms with van der Waals surface area (Å²) >= 11 is 0. The second kappa shape index (κ2) is 6.48. The van der Waals surface area contributed by atoms with Gasteiger partial charge in [-0.15, -0.1) is 0 Å². The lowest BCUT2D eigenvalue weighted by molar-refractivity contribution is 0.347. The molecule has 2 N–H and O–H groups in total. The van der Waals surface area contributed by atoms with E-state index in [1.165, 1.54) is 0 Å². The van der Waals surface area contributed by atoms with Crippen molar-refractivity contribution in [3.05, 3.63) is 18.0 Å². The van der Waals surface area contributed by atoms with Gasteiger partial charge >= 0.3 is 0 Å². The maximum absolute atomic E-state index is 12.8. The molecule has 0 atom stereocenters. The van der Waals surface area contributed by atoms with Crippen molar-refractivity contribution >= 4 is 10.0 Å². The minimum atomic E-state index is -3.42. The van der Waals surface area contributed by atoms with Crippen LogP contribution < -0.4 is 5.73 Å². The van der Waals surface area contributed by atoms with Crippen molar-refractivity contribution < 1.29 is 8.42 Å². The number of nitrogens with two attached hydrogens (primary N) is 1. The summed E-state index contributed by atoms with van der Waals surface area (Å²) in [6.45, 7) is 7.23. The summed E-state index contributed by atoms with van der Waals surface area (Å²) in [4.78, 5) is 2.53. The Kier molecular flexibility index (Phi) is 5.08. The van der Waals surface area contributed by atoms with Gasteiger partial charge in [0.05, 0.1) is 0 Å². The molecule has 0 radical (unpaired) electrons. The van der Waals surface area contributed by atoms with Gasteiger partial charge in [0.1, 0.15) is 4.90 Å². The summed E-state index contributed by atoms with van der Waals surface area (Å²) in [5, 5.41) is 0. The highest BCUT2D eigenvalue weighted by Crippen LogP contribution is 2.22. The number of hydrogen-bond donors (Lipinski definition) is 1. The number of sulfonamides is 1. The SMILES string of the molecule is CC(C)n1cc(S(=O)(=O)N2CCCN(C)CC2)cc1CN. The molecule has 1 aliphatic rings. The molecule has 0 unspecified atom stereocenters. The number of nitrogens with zero attached hydrogens (tertiary/aromatic N) is 3. The van der Waals surface area contributed by atoms with Crippen molar-refractivity contribution in [1.82, 2.24) is 13.8 Å². The van der Waals surface area contributed by atoms with Crippen LogP contribution in [0.15, 0.2) is 17.2 Å². The van der Waals surface area contributed by atoms with Crippen LogP contribution in [0.25, 0.3) is 0 Å². The van der Waals surface area contributed by atoms with Gasteiger partial charge < -0.3 is 15.2 Å². The van der Waals surface area contributed by atoms with Gasteiger partial charge in [-0.05, 0) is 39.9 Å². The van der Waals surface area contributed by atoms with E-state index in [1.54, 1.807) is 16.6 Å². The molecule has 1 aliphatic heterocycles. The van der Waals surface area contributed by atoms with Crippen LogP contribution in [0.1, 0.15) is 32.0 Å². The highest BCUT2D eigenvalue weighted by molar-refractivity contribution is 7.89. The van der Waals surface area contributed by atoms with Crippen LogP contribution in [0, 0.1) is 0 Å².